The van der Waals surface area contributed by atoms with Gasteiger partial charge in [-0.1, -0.05) is 32.1 Å². The minimum atomic E-state index is -0.00137. The predicted octanol–water partition coefficient (Wildman–Crippen LogP) is 1.31. The highest BCUT2D eigenvalue weighted by atomic mass is 16.2. The molecule has 17 heavy (non-hydrogen) atoms. The monoisotopic (exact) mass is 238 g/mol. The first kappa shape index (κ1) is 12.4. The molecule has 4 nitrogen and oxygen atoms in total. The number of carbonyl (C=O) groups is 2. The summed E-state index contributed by atoms with van der Waals surface area (Å²) in [6, 6.07) is 0. The van der Waals surface area contributed by atoms with Crippen LogP contribution in [0.15, 0.2) is 0 Å². The maximum Gasteiger partial charge on any atom is 0.241 e. The van der Waals surface area contributed by atoms with Crippen LogP contribution in [0.3, 0.4) is 0 Å². The lowest BCUT2D eigenvalue weighted by Crippen LogP contribution is -2.36. The molecule has 0 radical (unpaired) electrons. The predicted molar refractivity (Wildman–Crippen MR) is 65.4 cm³/mol. The van der Waals surface area contributed by atoms with Gasteiger partial charge in [-0.3, -0.25) is 9.59 Å². The van der Waals surface area contributed by atoms with Crippen molar-refractivity contribution in [3.05, 3.63) is 0 Å². The molecule has 4 heteroatoms. The van der Waals surface area contributed by atoms with Crippen LogP contribution in [-0.4, -0.2) is 36.3 Å². The number of hydrogen-bond donors (Lipinski definition) is 1. The molecular weight excluding hydrogens is 216 g/mol. The van der Waals surface area contributed by atoms with E-state index in [1.54, 1.807) is 0 Å². The number of carbonyl (C=O) groups excluding carboxylic acids is 2. The highest BCUT2D eigenvalue weighted by Crippen LogP contribution is 2.26. The molecule has 2 rings (SSSR count). The average molecular weight is 238 g/mol. The van der Waals surface area contributed by atoms with E-state index in [9.17, 15) is 9.59 Å². The summed E-state index contributed by atoms with van der Waals surface area (Å²) in [6.45, 7) is 1.61. The fourth-order valence-electron chi connectivity index (χ4n) is 2.79. The molecule has 96 valence electrons. The maximum absolute atomic E-state index is 11.7. The summed E-state index contributed by atoms with van der Waals surface area (Å²) >= 11 is 0. The van der Waals surface area contributed by atoms with Crippen molar-refractivity contribution in [1.29, 1.82) is 0 Å². The van der Waals surface area contributed by atoms with Crippen LogP contribution in [0.2, 0.25) is 0 Å². The van der Waals surface area contributed by atoms with Gasteiger partial charge in [-0.05, 0) is 12.3 Å². The van der Waals surface area contributed by atoms with Crippen LogP contribution >= 0.6 is 0 Å². The van der Waals surface area contributed by atoms with E-state index in [2.05, 4.69) is 5.32 Å². The van der Waals surface area contributed by atoms with Gasteiger partial charge in [0, 0.05) is 19.5 Å². The van der Waals surface area contributed by atoms with Gasteiger partial charge in [0.1, 0.15) is 0 Å². The quantitative estimate of drug-likeness (QED) is 0.806. The summed E-state index contributed by atoms with van der Waals surface area (Å²) < 4.78 is 0. The van der Waals surface area contributed by atoms with Crippen molar-refractivity contribution < 1.29 is 9.59 Å². The Hall–Kier alpha value is -1.06. The second-order valence-electron chi connectivity index (χ2n) is 5.20. The van der Waals surface area contributed by atoms with Crippen LogP contribution in [0.1, 0.15) is 44.9 Å². The zero-order valence-corrected chi connectivity index (χ0v) is 10.4. The molecule has 0 bridgehead atoms. The van der Waals surface area contributed by atoms with Gasteiger partial charge in [-0.15, -0.1) is 0 Å². The third-order valence-corrected chi connectivity index (χ3v) is 3.93. The van der Waals surface area contributed by atoms with E-state index in [0.717, 1.165) is 18.9 Å². The summed E-state index contributed by atoms with van der Waals surface area (Å²) in [5.74, 6) is 0.869. The van der Waals surface area contributed by atoms with Crippen molar-refractivity contribution in [3.8, 4) is 0 Å². The van der Waals surface area contributed by atoms with E-state index in [1.807, 2.05) is 4.90 Å². The summed E-state index contributed by atoms with van der Waals surface area (Å²) in [5.41, 5.74) is 0. The molecule has 1 N–H and O–H groups in total. The smallest absolute Gasteiger partial charge is 0.241 e. The summed E-state index contributed by atoms with van der Waals surface area (Å²) in [5, 5.41) is 2.63. The van der Waals surface area contributed by atoms with E-state index in [-0.39, 0.29) is 18.4 Å². The second kappa shape index (κ2) is 6.03. The first-order chi connectivity index (χ1) is 8.25. The SMILES string of the molecule is O=C1CCN(CCC2CCCCC2)C(=O)CN1. The van der Waals surface area contributed by atoms with Crippen LogP contribution in [-0.2, 0) is 9.59 Å². The lowest BCUT2D eigenvalue weighted by molar-refractivity contribution is -0.130. The van der Waals surface area contributed by atoms with Crippen LogP contribution in [0, 0.1) is 5.92 Å². The number of rotatable bonds is 3. The molecule has 0 aromatic heterocycles. The largest absolute Gasteiger partial charge is 0.347 e. The molecule has 0 aromatic carbocycles. The highest BCUT2D eigenvalue weighted by Gasteiger charge is 2.21. The summed E-state index contributed by atoms with van der Waals surface area (Å²) in [6.07, 6.45) is 8.27. The Bertz CT molecular complexity index is 285. The Morgan fingerprint density at radius 3 is 2.71 bits per heavy atom. The Labute approximate surface area is 103 Å². The number of amides is 2. The number of nitrogens with one attached hydrogen (secondary N) is 1. The normalized spacial score (nSPS) is 23.4. The van der Waals surface area contributed by atoms with Gasteiger partial charge < -0.3 is 10.2 Å². The zero-order valence-electron chi connectivity index (χ0n) is 10.4. The minimum Gasteiger partial charge on any atom is -0.347 e. The zero-order chi connectivity index (χ0) is 12.1. The molecule has 1 saturated heterocycles. The first-order valence-corrected chi connectivity index (χ1v) is 6.80. The Morgan fingerprint density at radius 1 is 1.18 bits per heavy atom. The summed E-state index contributed by atoms with van der Waals surface area (Å²) in [7, 11) is 0. The minimum absolute atomic E-state index is 0.00137. The highest BCUT2D eigenvalue weighted by molar-refractivity contribution is 5.87. The van der Waals surface area contributed by atoms with E-state index in [1.165, 1.54) is 32.1 Å². The van der Waals surface area contributed by atoms with E-state index < -0.39 is 0 Å². The molecule has 1 saturated carbocycles. The maximum atomic E-state index is 11.7. The standard InChI is InChI=1S/C13H22N2O2/c16-12-7-9-15(13(17)10-14-12)8-6-11-4-2-1-3-5-11/h11H,1-10H2,(H,14,16). The molecule has 2 aliphatic rings. The molecule has 0 atom stereocenters. The van der Waals surface area contributed by atoms with Crippen molar-refractivity contribution in [2.45, 2.75) is 44.9 Å². The van der Waals surface area contributed by atoms with Gasteiger partial charge in [-0.25, -0.2) is 0 Å². The molecule has 0 spiro atoms. The molecule has 1 heterocycles. The van der Waals surface area contributed by atoms with E-state index >= 15 is 0 Å². The molecule has 2 amide bonds. The van der Waals surface area contributed by atoms with E-state index in [0.29, 0.717) is 13.0 Å². The molecular formula is C13H22N2O2. The third kappa shape index (κ3) is 3.72. The van der Waals surface area contributed by atoms with Crippen molar-refractivity contribution in [3.63, 3.8) is 0 Å². The Morgan fingerprint density at radius 2 is 1.94 bits per heavy atom. The lowest BCUT2D eigenvalue weighted by Gasteiger charge is -2.25. The second-order valence-corrected chi connectivity index (χ2v) is 5.20. The van der Waals surface area contributed by atoms with Gasteiger partial charge >= 0.3 is 0 Å². The fourth-order valence-corrected chi connectivity index (χ4v) is 2.79. The van der Waals surface area contributed by atoms with Gasteiger partial charge in [0.25, 0.3) is 0 Å². The fraction of sp³-hybridized carbons (Fsp3) is 0.846. The topological polar surface area (TPSA) is 49.4 Å². The molecule has 2 fully saturated rings. The van der Waals surface area contributed by atoms with Crippen molar-refractivity contribution in [2.75, 3.05) is 19.6 Å². The Kier molecular flexibility index (Phi) is 4.40. The molecule has 1 aliphatic carbocycles. The van der Waals surface area contributed by atoms with Gasteiger partial charge in [0.2, 0.25) is 11.8 Å². The number of nitrogens with zero attached hydrogens (tertiary/aromatic N) is 1. The molecule has 1 aliphatic heterocycles. The van der Waals surface area contributed by atoms with Crippen molar-refractivity contribution >= 4 is 11.8 Å². The van der Waals surface area contributed by atoms with Gasteiger partial charge in [-0.2, -0.15) is 0 Å². The van der Waals surface area contributed by atoms with Gasteiger partial charge in [0.15, 0.2) is 0 Å². The average Bonchev–Trinajstić information content (AvgIpc) is 2.52. The summed E-state index contributed by atoms with van der Waals surface area (Å²) in [4.78, 5) is 24.8. The van der Waals surface area contributed by atoms with Crippen LogP contribution in [0.5, 0.6) is 0 Å². The molecule has 0 aromatic rings. The first-order valence-electron chi connectivity index (χ1n) is 6.80. The van der Waals surface area contributed by atoms with Crippen LogP contribution in [0.4, 0.5) is 0 Å². The van der Waals surface area contributed by atoms with Crippen molar-refractivity contribution in [1.82, 2.24) is 10.2 Å². The third-order valence-electron chi connectivity index (χ3n) is 3.93. The van der Waals surface area contributed by atoms with Crippen LogP contribution < -0.4 is 5.32 Å². The van der Waals surface area contributed by atoms with Crippen LogP contribution in [0.25, 0.3) is 0 Å². The molecule has 0 unspecified atom stereocenters. The van der Waals surface area contributed by atoms with Crippen molar-refractivity contribution in [2.24, 2.45) is 5.92 Å². The van der Waals surface area contributed by atoms with Gasteiger partial charge in [0.05, 0.1) is 6.54 Å². The van der Waals surface area contributed by atoms with E-state index in [4.69, 9.17) is 0 Å². The number of hydrogen-bond acceptors (Lipinski definition) is 2. The Balaban J connectivity index is 1.76. The lowest BCUT2D eigenvalue weighted by atomic mass is 9.87.